The summed E-state index contributed by atoms with van der Waals surface area (Å²) in [5.41, 5.74) is -0.747. The summed E-state index contributed by atoms with van der Waals surface area (Å²) in [7, 11) is 0. The van der Waals surface area contributed by atoms with Crippen molar-refractivity contribution in [1.82, 2.24) is 10.4 Å². The van der Waals surface area contributed by atoms with Crippen LogP contribution in [0, 0.1) is 22.7 Å². The summed E-state index contributed by atoms with van der Waals surface area (Å²) < 4.78 is 0. The summed E-state index contributed by atoms with van der Waals surface area (Å²) in [6.45, 7) is 25.8. The first-order valence-corrected chi connectivity index (χ1v) is 11.8. The molecule has 0 aromatic carbocycles. The largest absolute Gasteiger partial charge is 0.354 e. The molecule has 0 aliphatic heterocycles. The quantitative estimate of drug-likeness (QED) is 0.508. The van der Waals surface area contributed by atoms with E-state index >= 15 is 0 Å². The van der Waals surface area contributed by atoms with E-state index in [0.29, 0.717) is 17.9 Å². The van der Waals surface area contributed by atoms with Gasteiger partial charge in [0.2, 0.25) is 5.91 Å². The van der Waals surface area contributed by atoms with E-state index in [-0.39, 0.29) is 24.7 Å². The van der Waals surface area contributed by atoms with Gasteiger partial charge in [-0.3, -0.25) is 14.4 Å². The molecular weight excluding hydrogens is 408 g/mol. The molecule has 0 aliphatic rings. The second kappa shape index (κ2) is 15.8. The summed E-state index contributed by atoms with van der Waals surface area (Å²) in [6.07, 6.45) is 0.888. The Morgan fingerprint density at radius 1 is 0.781 bits per heavy atom. The van der Waals surface area contributed by atoms with Gasteiger partial charge < -0.3 is 10.2 Å². The minimum Gasteiger partial charge on any atom is -0.354 e. The Balaban J connectivity index is -0.000000792. The Labute approximate surface area is 198 Å². The molecule has 32 heavy (non-hydrogen) atoms. The standard InChI is InChI=1S/C21H38N2O5.2C2H6.H2/c1-13(2)22-18(26)16(20(5,6)7)11-12-17(21(8,9)10)19(27)28-23(14(3)24)15(4)25;2*1-2;/h13,16-17H,11-12H2,1-10H3,(H,22,26);2*1-2H3;1H. The third-order valence-corrected chi connectivity index (χ3v) is 4.62. The summed E-state index contributed by atoms with van der Waals surface area (Å²) in [5, 5.41) is 3.43. The van der Waals surface area contributed by atoms with Crippen LogP contribution in [0.4, 0.5) is 0 Å². The van der Waals surface area contributed by atoms with Crippen molar-refractivity contribution >= 4 is 23.7 Å². The van der Waals surface area contributed by atoms with E-state index in [1.54, 1.807) is 0 Å². The minimum absolute atomic E-state index is 0. The second-order valence-corrected chi connectivity index (χ2v) is 9.82. The van der Waals surface area contributed by atoms with Crippen LogP contribution in [0.15, 0.2) is 0 Å². The highest BCUT2D eigenvalue weighted by Crippen LogP contribution is 2.36. The molecule has 0 rings (SSSR count). The maximum atomic E-state index is 12.8. The third kappa shape index (κ3) is 13.5. The molecule has 0 bridgehead atoms. The number of nitrogens with one attached hydrogen (secondary N) is 1. The average molecular weight is 461 g/mol. The second-order valence-electron chi connectivity index (χ2n) is 9.82. The van der Waals surface area contributed by atoms with Gasteiger partial charge in [-0.1, -0.05) is 69.2 Å². The van der Waals surface area contributed by atoms with Gasteiger partial charge in [0, 0.05) is 27.2 Å². The van der Waals surface area contributed by atoms with Gasteiger partial charge in [-0.2, -0.15) is 0 Å². The zero-order chi connectivity index (χ0) is 26.4. The molecule has 2 unspecified atom stereocenters. The molecule has 3 amide bonds. The van der Waals surface area contributed by atoms with Gasteiger partial charge in [-0.05, 0) is 37.5 Å². The van der Waals surface area contributed by atoms with Crippen molar-refractivity contribution in [2.24, 2.45) is 22.7 Å². The molecule has 0 aliphatic carbocycles. The predicted octanol–water partition coefficient (Wildman–Crippen LogP) is 5.77. The van der Waals surface area contributed by atoms with Gasteiger partial charge in [0.15, 0.2) is 0 Å². The van der Waals surface area contributed by atoms with E-state index in [2.05, 4.69) is 5.32 Å². The fraction of sp³-hybridized carbons (Fsp3) is 0.840. The lowest BCUT2D eigenvalue weighted by atomic mass is 9.72. The maximum absolute atomic E-state index is 12.8. The maximum Gasteiger partial charge on any atom is 0.336 e. The van der Waals surface area contributed by atoms with Crippen molar-refractivity contribution in [3.63, 3.8) is 0 Å². The summed E-state index contributed by atoms with van der Waals surface area (Å²) in [4.78, 5) is 53.6. The monoisotopic (exact) mass is 460 g/mol. The number of carbonyl (C=O) groups excluding carboxylic acids is 4. The molecule has 2 atom stereocenters. The summed E-state index contributed by atoms with van der Waals surface area (Å²) in [6, 6.07) is 0.0282. The molecule has 0 spiro atoms. The molecule has 192 valence electrons. The van der Waals surface area contributed by atoms with Crippen LogP contribution in [0.25, 0.3) is 0 Å². The van der Waals surface area contributed by atoms with Crippen LogP contribution < -0.4 is 5.32 Å². The molecule has 7 heteroatoms. The topological polar surface area (TPSA) is 92.8 Å². The third-order valence-electron chi connectivity index (χ3n) is 4.62. The zero-order valence-electron chi connectivity index (χ0n) is 23.1. The molecule has 0 aromatic heterocycles. The van der Waals surface area contributed by atoms with Crippen LogP contribution in [0.3, 0.4) is 0 Å². The SMILES string of the molecule is CC.CC.CC(=O)N(OC(=O)C(CCC(C(=O)NC(C)C)C(C)(C)C)C(C)(C)C)C(C)=O.[HH]. The fourth-order valence-corrected chi connectivity index (χ4v) is 3.08. The highest BCUT2D eigenvalue weighted by atomic mass is 16.7. The summed E-state index contributed by atoms with van der Waals surface area (Å²) >= 11 is 0. The van der Waals surface area contributed by atoms with Crippen LogP contribution >= 0.6 is 0 Å². The number of amides is 3. The molecule has 1 N–H and O–H groups in total. The first-order valence-electron chi connectivity index (χ1n) is 11.8. The van der Waals surface area contributed by atoms with Crippen molar-refractivity contribution in [3.8, 4) is 0 Å². The van der Waals surface area contributed by atoms with Gasteiger partial charge >= 0.3 is 5.97 Å². The number of hydrogen-bond donors (Lipinski definition) is 1. The van der Waals surface area contributed by atoms with Crippen LogP contribution in [-0.4, -0.2) is 34.8 Å². The minimum atomic E-state index is -0.655. The molecule has 7 nitrogen and oxygen atoms in total. The van der Waals surface area contributed by atoms with Crippen LogP contribution in [0.2, 0.25) is 0 Å². The van der Waals surface area contributed by atoms with Crippen molar-refractivity contribution in [2.45, 2.75) is 116 Å². The molecule has 0 radical (unpaired) electrons. The smallest absolute Gasteiger partial charge is 0.336 e. The van der Waals surface area contributed by atoms with Crippen molar-refractivity contribution in [1.29, 1.82) is 0 Å². The van der Waals surface area contributed by atoms with Crippen molar-refractivity contribution in [3.05, 3.63) is 0 Å². The average Bonchev–Trinajstić information content (AvgIpc) is 2.63. The Kier molecular flexibility index (Phi) is 17.1. The van der Waals surface area contributed by atoms with Gasteiger partial charge in [-0.25, -0.2) is 4.79 Å². The predicted molar refractivity (Wildman–Crippen MR) is 133 cm³/mol. The normalized spacial score (nSPS) is 12.8. The molecule has 0 saturated carbocycles. The van der Waals surface area contributed by atoms with E-state index in [0.717, 1.165) is 13.8 Å². The summed E-state index contributed by atoms with van der Waals surface area (Å²) in [5.74, 6) is -2.86. The lowest BCUT2D eigenvalue weighted by Gasteiger charge is -2.34. The molecule has 0 heterocycles. The van der Waals surface area contributed by atoms with E-state index in [1.165, 1.54) is 0 Å². The number of carbonyl (C=O) groups is 4. The van der Waals surface area contributed by atoms with Gasteiger partial charge in [0.05, 0.1) is 5.92 Å². The van der Waals surface area contributed by atoms with Gasteiger partial charge in [-0.15, -0.1) is 5.06 Å². The van der Waals surface area contributed by atoms with Crippen molar-refractivity contribution in [2.75, 3.05) is 0 Å². The first-order chi connectivity index (χ1) is 14.5. The molecular formula is C25H52N2O5. The van der Waals surface area contributed by atoms with Crippen molar-refractivity contribution < 1.29 is 25.4 Å². The van der Waals surface area contributed by atoms with Gasteiger partial charge in [0.25, 0.3) is 11.8 Å². The molecule has 0 aromatic rings. The highest BCUT2D eigenvalue weighted by molar-refractivity contribution is 5.93. The molecule has 0 fully saturated rings. The Morgan fingerprint density at radius 3 is 1.41 bits per heavy atom. The number of hydroxylamine groups is 2. The van der Waals surface area contributed by atoms with E-state index in [4.69, 9.17) is 4.84 Å². The highest BCUT2D eigenvalue weighted by Gasteiger charge is 2.38. The van der Waals surface area contributed by atoms with E-state index < -0.39 is 29.1 Å². The fourth-order valence-electron chi connectivity index (χ4n) is 3.08. The Hall–Kier alpha value is -1.92. The number of imide groups is 1. The zero-order valence-corrected chi connectivity index (χ0v) is 23.1. The number of rotatable bonds is 6. The van der Waals surface area contributed by atoms with Gasteiger partial charge in [0.1, 0.15) is 0 Å². The lowest BCUT2D eigenvalue weighted by molar-refractivity contribution is -0.206. The Morgan fingerprint density at radius 2 is 1.12 bits per heavy atom. The van der Waals surface area contributed by atoms with E-state index in [1.807, 2.05) is 83.1 Å². The number of hydrogen-bond acceptors (Lipinski definition) is 5. The lowest BCUT2D eigenvalue weighted by Crippen LogP contribution is -2.43. The first kappa shape index (κ1) is 34.7. The molecule has 0 saturated heterocycles. The number of nitrogens with zero attached hydrogens (tertiary/aromatic N) is 1. The van der Waals surface area contributed by atoms with Crippen LogP contribution in [0.5, 0.6) is 0 Å². The van der Waals surface area contributed by atoms with E-state index in [9.17, 15) is 19.2 Å². The van der Waals surface area contributed by atoms with Crippen LogP contribution in [-0.2, 0) is 24.0 Å². The Bertz CT molecular complexity index is 579. The van der Waals surface area contributed by atoms with Crippen LogP contribution in [0.1, 0.15) is 111 Å².